The molecule has 0 aliphatic heterocycles. The van der Waals surface area contributed by atoms with Gasteiger partial charge in [-0.2, -0.15) is 0 Å². The van der Waals surface area contributed by atoms with E-state index in [-0.39, 0.29) is 5.82 Å². The zero-order chi connectivity index (χ0) is 10.8. The highest BCUT2D eigenvalue weighted by Gasteiger charge is 2.14. The van der Waals surface area contributed by atoms with Crippen LogP contribution in [-0.2, 0) is 0 Å². The van der Waals surface area contributed by atoms with E-state index in [1.807, 2.05) is 0 Å². The highest BCUT2D eigenvalue weighted by Crippen LogP contribution is 2.33. The smallest absolute Gasteiger partial charge is 0.137 e. The first-order valence-electron chi connectivity index (χ1n) is 4.24. The van der Waals surface area contributed by atoms with Crippen molar-refractivity contribution in [1.82, 2.24) is 9.97 Å². The predicted molar refractivity (Wildman–Crippen MR) is 58.2 cm³/mol. The molecule has 1 heterocycles. The highest BCUT2D eigenvalue weighted by atomic mass is 79.9. The van der Waals surface area contributed by atoms with Crippen LogP contribution in [-0.4, -0.2) is 17.1 Å². The van der Waals surface area contributed by atoms with E-state index in [0.29, 0.717) is 21.5 Å². The van der Waals surface area contributed by atoms with E-state index < -0.39 is 0 Å². The lowest BCUT2D eigenvalue weighted by molar-refractivity contribution is 0.413. The van der Waals surface area contributed by atoms with Crippen molar-refractivity contribution in [1.29, 1.82) is 0 Å². The Balaban J connectivity index is 2.64. The van der Waals surface area contributed by atoms with Crippen LogP contribution in [0.15, 0.2) is 29.1 Å². The molecule has 0 radical (unpaired) electrons. The van der Waals surface area contributed by atoms with Gasteiger partial charge in [-0.25, -0.2) is 9.37 Å². The summed E-state index contributed by atoms with van der Waals surface area (Å²) in [6.45, 7) is 0. The summed E-state index contributed by atoms with van der Waals surface area (Å²) in [6, 6.07) is 3.10. The Morgan fingerprint density at radius 2 is 2.27 bits per heavy atom. The molecule has 1 N–H and O–H groups in total. The molecule has 0 saturated carbocycles. The number of halogens is 2. The molecule has 2 rings (SSSR count). The predicted octanol–water partition coefficient (Wildman–Crippen LogP) is 2.99. The van der Waals surface area contributed by atoms with Crippen molar-refractivity contribution in [2.45, 2.75) is 0 Å². The summed E-state index contributed by atoms with van der Waals surface area (Å²) in [5.41, 5.74) is 0.982. The van der Waals surface area contributed by atoms with Crippen LogP contribution in [0.3, 0.4) is 0 Å². The largest absolute Gasteiger partial charge is 0.496 e. The van der Waals surface area contributed by atoms with E-state index in [9.17, 15) is 4.39 Å². The maximum absolute atomic E-state index is 13.7. The lowest BCUT2D eigenvalue weighted by atomic mass is 10.1. The molecule has 0 aliphatic rings. The zero-order valence-electron chi connectivity index (χ0n) is 7.92. The summed E-state index contributed by atoms with van der Waals surface area (Å²) in [7, 11) is 1.50. The molecule has 0 amide bonds. The number of rotatable bonds is 2. The molecule has 78 valence electrons. The van der Waals surface area contributed by atoms with Gasteiger partial charge in [0.1, 0.15) is 11.6 Å². The normalized spacial score (nSPS) is 10.3. The number of imidazole rings is 1. The van der Waals surface area contributed by atoms with Crippen molar-refractivity contribution in [2.24, 2.45) is 0 Å². The van der Waals surface area contributed by atoms with Crippen molar-refractivity contribution in [3.8, 4) is 17.0 Å². The molecular formula is C10H8BrFN2O. The Morgan fingerprint density at radius 3 is 2.87 bits per heavy atom. The minimum absolute atomic E-state index is 0.356. The second-order valence-corrected chi connectivity index (χ2v) is 3.85. The van der Waals surface area contributed by atoms with Crippen LogP contribution < -0.4 is 4.74 Å². The van der Waals surface area contributed by atoms with Crippen molar-refractivity contribution < 1.29 is 9.13 Å². The van der Waals surface area contributed by atoms with Gasteiger partial charge in [-0.15, -0.1) is 0 Å². The second kappa shape index (κ2) is 4.02. The monoisotopic (exact) mass is 270 g/mol. The fraction of sp³-hybridized carbons (Fsp3) is 0.100. The third kappa shape index (κ3) is 1.87. The maximum Gasteiger partial charge on any atom is 0.137 e. The number of nitrogens with one attached hydrogen (secondary N) is 1. The molecule has 0 fully saturated rings. The number of hydrogen-bond acceptors (Lipinski definition) is 2. The molecule has 0 unspecified atom stereocenters. The summed E-state index contributed by atoms with van der Waals surface area (Å²) in [5, 5.41) is 0. The average molecular weight is 271 g/mol. The molecule has 0 spiro atoms. The van der Waals surface area contributed by atoms with Crippen LogP contribution in [0.1, 0.15) is 0 Å². The van der Waals surface area contributed by atoms with Crippen LogP contribution >= 0.6 is 15.9 Å². The van der Waals surface area contributed by atoms with E-state index in [2.05, 4.69) is 25.9 Å². The van der Waals surface area contributed by atoms with Gasteiger partial charge in [0.05, 0.1) is 30.9 Å². The molecule has 15 heavy (non-hydrogen) atoms. The molecule has 1 aromatic heterocycles. The number of nitrogens with zero attached hydrogens (tertiary/aromatic N) is 1. The summed E-state index contributed by atoms with van der Waals surface area (Å²) in [4.78, 5) is 6.69. The first kappa shape index (κ1) is 10.2. The van der Waals surface area contributed by atoms with Gasteiger partial charge in [0.25, 0.3) is 0 Å². The van der Waals surface area contributed by atoms with Crippen molar-refractivity contribution in [3.63, 3.8) is 0 Å². The molecule has 2 aromatic rings. The Hall–Kier alpha value is -1.36. The third-order valence-corrected chi connectivity index (χ3v) is 2.46. The lowest BCUT2D eigenvalue weighted by Crippen LogP contribution is -1.92. The van der Waals surface area contributed by atoms with Gasteiger partial charge in [0.15, 0.2) is 0 Å². The maximum atomic E-state index is 13.7. The molecule has 0 saturated heterocycles. The van der Waals surface area contributed by atoms with Gasteiger partial charge in [-0.05, 0) is 12.1 Å². The van der Waals surface area contributed by atoms with Crippen LogP contribution in [0.4, 0.5) is 4.39 Å². The van der Waals surface area contributed by atoms with E-state index >= 15 is 0 Å². The Kier molecular flexibility index (Phi) is 2.73. The molecule has 1 aromatic carbocycles. The van der Waals surface area contributed by atoms with Crippen LogP contribution in [0.25, 0.3) is 11.3 Å². The van der Waals surface area contributed by atoms with Gasteiger partial charge >= 0.3 is 0 Å². The standard InChI is InChI=1S/C10H8BrFN2O/c1-15-9-3-6(11)2-7(12)10(9)8-4-13-5-14-8/h2-5H,1H3,(H,13,14). The number of methoxy groups -OCH3 is 1. The molecule has 0 atom stereocenters. The summed E-state index contributed by atoms with van der Waals surface area (Å²) < 4.78 is 19.5. The topological polar surface area (TPSA) is 37.9 Å². The summed E-state index contributed by atoms with van der Waals surface area (Å²) in [5.74, 6) is 0.108. The number of ether oxygens (including phenoxy) is 1. The first-order valence-corrected chi connectivity index (χ1v) is 5.03. The SMILES string of the molecule is COc1cc(Br)cc(F)c1-c1cnc[nH]1. The number of aromatic nitrogens is 2. The Bertz CT molecular complexity index is 471. The highest BCUT2D eigenvalue weighted by molar-refractivity contribution is 9.10. The minimum Gasteiger partial charge on any atom is -0.496 e. The molecule has 3 nitrogen and oxygen atoms in total. The number of H-pyrrole nitrogens is 1. The van der Waals surface area contributed by atoms with E-state index in [1.165, 1.54) is 19.5 Å². The van der Waals surface area contributed by atoms with Gasteiger partial charge in [0.2, 0.25) is 0 Å². The zero-order valence-corrected chi connectivity index (χ0v) is 9.51. The van der Waals surface area contributed by atoms with Gasteiger partial charge in [-0.3, -0.25) is 0 Å². The fourth-order valence-corrected chi connectivity index (χ4v) is 1.77. The Labute approximate surface area is 94.4 Å². The lowest BCUT2D eigenvalue weighted by Gasteiger charge is -2.08. The van der Waals surface area contributed by atoms with E-state index in [4.69, 9.17) is 4.74 Å². The molecular weight excluding hydrogens is 263 g/mol. The van der Waals surface area contributed by atoms with Gasteiger partial charge < -0.3 is 9.72 Å². The summed E-state index contributed by atoms with van der Waals surface area (Å²) >= 11 is 3.21. The second-order valence-electron chi connectivity index (χ2n) is 2.93. The minimum atomic E-state index is -0.356. The molecule has 0 bridgehead atoms. The Morgan fingerprint density at radius 1 is 1.47 bits per heavy atom. The van der Waals surface area contributed by atoms with Gasteiger partial charge in [-0.1, -0.05) is 15.9 Å². The molecule has 0 aliphatic carbocycles. The third-order valence-electron chi connectivity index (χ3n) is 2.01. The van der Waals surface area contributed by atoms with Crippen molar-refractivity contribution >= 4 is 15.9 Å². The number of hydrogen-bond donors (Lipinski definition) is 1. The summed E-state index contributed by atoms with van der Waals surface area (Å²) in [6.07, 6.45) is 3.05. The molecule has 5 heteroatoms. The van der Waals surface area contributed by atoms with Crippen LogP contribution in [0, 0.1) is 5.82 Å². The van der Waals surface area contributed by atoms with Crippen LogP contribution in [0.5, 0.6) is 5.75 Å². The number of aromatic amines is 1. The fourth-order valence-electron chi connectivity index (χ4n) is 1.36. The van der Waals surface area contributed by atoms with E-state index in [0.717, 1.165) is 0 Å². The quantitative estimate of drug-likeness (QED) is 0.911. The first-order chi connectivity index (χ1) is 7.22. The van der Waals surface area contributed by atoms with Crippen molar-refractivity contribution in [3.05, 3.63) is 34.9 Å². The number of benzene rings is 1. The van der Waals surface area contributed by atoms with Crippen molar-refractivity contribution in [2.75, 3.05) is 7.11 Å². The van der Waals surface area contributed by atoms with Gasteiger partial charge in [0, 0.05) is 4.47 Å². The van der Waals surface area contributed by atoms with Crippen LogP contribution in [0.2, 0.25) is 0 Å². The average Bonchev–Trinajstić information content (AvgIpc) is 2.69. The van der Waals surface area contributed by atoms with E-state index in [1.54, 1.807) is 12.3 Å².